The summed E-state index contributed by atoms with van der Waals surface area (Å²) in [5.74, 6) is 0.924. The minimum absolute atomic E-state index is 0.331. The summed E-state index contributed by atoms with van der Waals surface area (Å²) >= 11 is 0. The van der Waals surface area contributed by atoms with E-state index in [0.717, 1.165) is 25.3 Å². The first-order valence-corrected chi connectivity index (χ1v) is 6.86. The van der Waals surface area contributed by atoms with E-state index >= 15 is 0 Å². The zero-order valence-electron chi connectivity index (χ0n) is 11.1. The van der Waals surface area contributed by atoms with Gasteiger partial charge in [0.2, 0.25) is 0 Å². The largest absolute Gasteiger partial charge is 0.396 e. The molecule has 0 aromatic heterocycles. The summed E-state index contributed by atoms with van der Waals surface area (Å²) in [7, 11) is 0. The summed E-state index contributed by atoms with van der Waals surface area (Å²) in [5.41, 5.74) is 1.01. The molecule has 3 atom stereocenters. The first kappa shape index (κ1) is 12.4. The molecule has 2 bridgehead atoms. The molecular weight excluding hydrogens is 198 g/mol. The van der Waals surface area contributed by atoms with Crippen LogP contribution in [-0.4, -0.2) is 24.3 Å². The van der Waals surface area contributed by atoms with Crippen molar-refractivity contribution in [3.05, 3.63) is 0 Å². The topological polar surface area (TPSA) is 32.3 Å². The Kier molecular flexibility index (Phi) is 3.33. The van der Waals surface area contributed by atoms with Gasteiger partial charge in [-0.2, -0.15) is 0 Å². The molecular formula is C14H27NO. The minimum Gasteiger partial charge on any atom is -0.396 e. The lowest BCUT2D eigenvalue weighted by Crippen LogP contribution is -2.44. The van der Waals surface area contributed by atoms with Gasteiger partial charge in [-0.15, -0.1) is 0 Å². The van der Waals surface area contributed by atoms with Crippen molar-refractivity contribution in [2.75, 3.05) is 13.2 Å². The average Bonchev–Trinajstić information content (AvgIpc) is 2.57. The van der Waals surface area contributed by atoms with Crippen molar-refractivity contribution in [1.82, 2.24) is 5.32 Å². The van der Waals surface area contributed by atoms with Gasteiger partial charge in [0.25, 0.3) is 0 Å². The monoisotopic (exact) mass is 225 g/mol. The van der Waals surface area contributed by atoms with Gasteiger partial charge >= 0.3 is 0 Å². The van der Waals surface area contributed by atoms with Crippen molar-refractivity contribution in [2.24, 2.45) is 16.7 Å². The summed E-state index contributed by atoms with van der Waals surface area (Å²) in [6, 6.07) is 0.708. The highest BCUT2D eigenvalue weighted by Crippen LogP contribution is 2.65. The van der Waals surface area contributed by atoms with E-state index in [1.807, 2.05) is 0 Å². The van der Waals surface area contributed by atoms with E-state index in [1.54, 1.807) is 0 Å². The fraction of sp³-hybridized carbons (Fsp3) is 1.00. The Morgan fingerprint density at radius 1 is 1.25 bits per heavy atom. The van der Waals surface area contributed by atoms with Crippen LogP contribution in [0.4, 0.5) is 0 Å². The summed E-state index contributed by atoms with van der Waals surface area (Å²) in [6.45, 7) is 8.80. The molecule has 0 aromatic rings. The van der Waals surface area contributed by atoms with E-state index in [9.17, 15) is 0 Å². The van der Waals surface area contributed by atoms with Gasteiger partial charge in [0.05, 0.1) is 0 Å². The number of unbranched alkanes of at least 4 members (excludes halogenated alkanes) is 1. The predicted molar refractivity (Wildman–Crippen MR) is 67.3 cm³/mol. The Hall–Kier alpha value is -0.0800. The summed E-state index contributed by atoms with van der Waals surface area (Å²) < 4.78 is 0. The van der Waals surface area contributed by atoms with Gasteiger partial charge in [0.15, 0.2) is 0 Å². The highest BCUT2D eigenvalue weighted by molar-refractivity contribution is 5.12. The third-order valence-electron chi connectivity index (χ3n) is 5.77. The first-order valence-electron chi connectivity index (χ1n) is 6.86. The molecule has 0 amide bonds. The molecule has 2 nitrogen and oxygen atoms in total. The van der Waals surface area contributed by atoms with Crippen LogP contribution in [0.2, 0.25) is 0 Å². The van der Waals surface area contributed by atoms with Crippen molar-refractivity contribution in [1.29, 1.82) is 0 Å². The molecule has 2 heteroatoms. The molecule has 94 valence electrons. The lowest BCUT2D eigenvalue weighted by Gasteiger charge is -2.39. The number of aliphatic hydroxyl groups excluding tert-OH is 1. The molecule has 0 saturated heterocycles. The van der Waals surface area contributed by atoms with Crippen molar-refractivity contribution in [3.63, 3.8) is 0 Å². The van der Waals surface area contributed by atoms with Crippen LogP contribution < -0.4 is 5.32 Å². The zero-order chi connectivity index (χ0) is 11.8. The van der Waals surface area contributed by atoms with Crippen molar-refractivity contribution in [3.8, 4) is 0 Å². The SMILES string of the molecule is CC1(C)C2CCC1(C)C(NCCCCO)C2. The summed E-state index contributed by atoms with van der Waals surface area (Å²) in [5, 5.41) is 12.5. The van der Waals surface area contributed by atoms with E-state index in [-0.39, 0.29) is 0 Å². The highest BCUT2D eigenvalue weighted by atomic mass is 16.2. The minimum atomic E-state index is 0.331. The van der Waals surface area contributed by atoms with Gasteiger partial charge in [0, 0.05) is 12.6 Å². The molecule has 16 heavy (non-hydrogen) atoms. The Bertz CT molecular complexity index is 251. The van der Waals surface area contributed by atoms with Gasteiger partial charge in [-0.05, 0) is 55.4 Å². The van der Waals surface area contributed by atoms with Crippen molar-refractivity contribution in [2.45, 2.75) is 58.9 Å². The Morgan fingerprint density at radius 2 is 2.00 bits per heavy atom. The van der Waals surface area contributed by atoms with Gasteiger partial charge in [-0.25, -0.2) is 0 Å². The first-order chi connectivity index (χ1) is 7.52. The number of hydrogen-bond donors (Lipinski definition) is 2. The molecule has 0 heterocycles. The third-order valence-corrected chi connectivity index (χ3v) is 5.77. The fourth-order valence-electron chi connectivity index (χ4n) is 4.03. The Labute approximate surface area is 99.8 Å². The summed E-state index contributed by atoms with van der Waals surface area (Å²) in [4.78, 5) is 0. The molecule has 3 unspecified atom stereocenters. The van der Waals surface area contributed by atoms with Crippen molar-refractivity contribution >= 4 is 0 Å². The maximum absolute atomic E-state index is 8.77. The maximum atomic E-state index is 8.77. The van der Waals surface area contributed by atoms with E-state index in [1.165, 1.54) is 19.3 Å². The van der Waals surface area contributed by atoms with Crippen LogP contribution in [0, 0.1) is 16.7 Å². The molecule has 2 rings (SSSR count). The van der Waals surface area contributed by atoms with Crippen LogP contribution in [-0.2, 0) is 0 Å². The van der Waals surface area contributed by atoms with E-state index in [0.29, 0.717) is 23.5 Å². The van der Waals surface area contributed by atoms with Gasteiger partial charge in [-0.1, -0.05) is 20.8 Å². The highest BCUT2D eigenvalue weighted by Gasteiger charge is 2.60. The number of nitrogens with one attached hydrogen (secondary N) is 1. The zero-order valence-corrected chi connectivity index (χ0v) is 11.1. The third kappa shape index (κ3) is 1.70. The van der Waals surface area contributed by atoms with Crippen LogP contribution in [0.25, 0.3) is 0 Å². The molecule has 2 aliphatic carbocycles. The second-order valence-electron chi connectivity index (χ2n) is 6.55. The number of aliphatic hydroxyl groups is 1. The second kappa shape index (κ2) is 4.30. The molecule has 0 radical (unpaired) electrons. The van der Waals surface area contributed by atoms with Gasteiger partial charge in [0.1, 0.15) is 0 Å². The van der Waals surface area contributed by atoms with Crippen LogP contribution in [0.1, 0.15) is 52.9 Å². The predicted octanol–water partition coefficient (Wildman–Crippen LogP) is 2.56. The van der Waals surface area contributed by atoms with E-state index in [2.05, 4.69) is 26.1 Å². The van der Waals surface area contributed by atoms with Crippen LogP contribution in [0.3, 0.4) is 0 Å². The van der Waals surface area contributed by atoms with Gasteiger partial charge in [-0.3, -0.25) is 0 Å². The fourth-order valence-corrected chi connectivity index (χ4v) is 4.03. The standard InChI is InChI=1S/C14H27NO/c1-13(2)11-6-7-14(13,3)12(10-11)15-8-4-5-9-16/h11-12,15-16H,4-10H2,1-3H3. The smallest absolute Gasteiger partial charge is 0.0431 e. The van der Waals surface area contributed by atoms with Gasteiger partial charge < -0.3 is 10.4 Å². The molecule has 2 fully saturated rings. The molecule has 2 saturated carbocycles. The molecule has 0 spiro atoms. The number of hydrogen-bond acceptors (Lipinski definition) is 2. The molecule has 2 aliphatic rings. The molecule has 0 aromatic carbocycles. The maximum Gasteiger partial charge on any atom is 0.0431 e. The van der Waals surface area contributed by atoms with Crippen LogP contribution in [0.15, 0.2) is 0 Å². The van der Waals surface area contributed by atoms with Crippen LogP contribution in [0.5, 0.6) is 0 Å². The van der Waals surface area contributed by atoms with E-state index in [4.69, 9.17) is 5.11 Å². The summed E-state index contributed by atoms with van der Waals surface area (Å²) in [6.07, 6.45) is 6.22. The number of fused-ring (bicyclic) bond motifs is 2. The van der Waals surface area contributed by atoms with E-state index < -0.39 is 0 Å². The quantitative estimate of drug-likeness (QED) is 0.705. The normalized spacial score (nSPS) is 40.5. The van der Waals surface area contributed by atoms with Crippen molar-refractivity contribution < 1.29 is 5.11 Å². The Balaban J connectivity index is 1.89. The average molecular weight is 225 g/mol. The molecule has 0 aliphatic heterocycles. The second-order valence-corrected chi connectivity index (χ2v) is 6.55. The lowest BCUT2D eigenvalue weighted by molar-refractivity contribution is 0.121. The number of rotatable bonds is 5. The van der Waals surface area contributed by atoms with Crippen LogP contribution >= 0.6 is 0 Å². The Morgan fingerprint density at radius 3 is 2.50 bits per heavy atom. The molecule has 2 N–H and O–H groups in total. The lowest BCUT2D eigenvalue weighted by atomic mass is 9.69.